The summed E-state index contributed by atoms with van der Waals surface area (Å²) < 4.78 is 0. The lowest BCUT2D eigenvalue weighted by Gasteiger charge is -2.26. The molecule has 1 nitrogen and oxygen atoms in total. The molecule has 0 saturated heterocycles. The van der Waals surface area contributed by atoms with Gasteiger partial charge in [-0.2, -0.15) is 0 Å². The molecule has 1 unspecified atom stereocenters. The number of nitrogens with one attached hydrogen (secondary N) is 1. The Morgan fingerprint density at radius 3 is 2.50 bits per heavy atom. The molecule has 0 amide bonds. The SMILES string of the molecule is CCNC(c1ccc(C)cc1C)C1(C)CC1. The maximum Gasteiger partial charge on any atom is 0.0377 e. The molecule has 1 fully saturated rings. The highest BCUT2D eigenvalue weighted by Crippen LogP contribution is 2.54. The first kappa shape index (κ1) is 11.7. The number of aryl methyl sites for hydroxylation is 2. The van der Waals surface area contributed by atoms with E-state index in [-0.39, 0.29) is 0 Å². The molecule has 1 aromatic carbocycles. The number of benzene rings is 1. The van der Waals surface area contributed by atoms with Crippen molar-refractivity contribution in [3.63, 3.8) is 0 Å². The zero-order valence-electron chi connectivity index (χ0n) is 10.9. The number of hydrogen-bond donors (Lipinski definition) is 1. The number of hydrogen-bond acceptors (Lipinski definition) is 1. The van der Waals surface area contributed by atoms with Crippen molar-refractivity contribution in [2.75, 3.05) is 6.54 Å². The molecule has 1 N–H and O–H groups in total. The van der Waals surface area contributed by atoms with Crippen LogP contribution in [-0.2, 0) is 0 Å². The Labute approximate surface area is 99.3 Å². The van der Waals surface area contributed by atoms with Gasteiger partial charge in [0.05, 0.1) is 0 Å². The third kappa shape index (κ3) is 2.15. The molecule has 1 aliphatic carbocycles. The van der Waals surface area contributed by atoms with E-state index in [2.05, 4.69) is 51.2 Å². The Morgan fingerprint density at radius 1 is 1.31 bits per heavy atom. The van der Waals surface area contributed by atoms with E-state index in [1.807, 2.05) is 0 Å². The maximum atomic E-state index is 3.66. The number of rotatable bonds is 4. The normalized spacial score (nSPS) is 19.5. The van der Waals surface area contributed by atoms with E-state index in [0.29, 0.717) is 11.5 Å². The smallest absolute Gasteiger partial charge is 0.0377 e. The van der Waals surface area contributed by atoms with Crippen LogP contribution in [0.1, 0.15) is 49.4 Å². The van der Waals surface area contributed by atoms with Gasteiger partial charge < -0.3 is 5.32 Å². The first-order chi connectivity index (χ1) is 7.57. The maximum absolute atomic E-state index is 3.66. The van der Waals surface area contributed by atoms with E-state index in [1.54, 1.807) is 0 Å². The highest BCUT2D eigenvalue weighted by molar-refractivity contribution is 5.35. The lowest BCUT2D eigenvalue weighted by atomic mass is 9.88. The molecule has 0 bridgehead atoms. The average molecular weight is 217 g/mol. The summed E-state index contributed by atoms with van der Waals surface area (Å²) in [5, 5.41) is 3.66. The van der Waals surface area contributed by atoms with Crippen LogP contribution in [0.25, 0.3) is 0 Å². The van der Waals surface area contributed by atoms with E-state index >= 15 is 0 Å². The molecule has 16 heavy (non-hydrogen) atoms. The fraction of sp³-hybridized carbons (Fsp3) is 0.600. The molecular weight excluding hydrogens is 194 g/mol. The summed E-state index contributed by atoms with van der Waals surface area (Å²) in [7, 11) is 0. The van der Waals surface area contributed by atoms with Gasteiger partial charge >= 0.3 is 0 Å². The Morgan fingerprint density at radius 2 is 2.00 bits per heavy atom. The largest absolute Gasteiger partial charge is 0.310 e. The van der Waals surface area contributed by atoms with Crippen LogP contribution in [0.5, 0.6) is 0 Å². The molecule has 1 aliphatic rings. The first-order valence-electron chi connectivity index (χ1n) is 6.37. The van der Waals surface area contributed by atoms with Crippen LogP contribution in [0.2, 0.25) is 0 Å². The Kier molecular flexibility index (Phi) is 3.07. The van der Waals surface area contributed by atoms with Crippen molar-refractivity contribution >= 4 is 0 Å². The van der Waals surface area contributed by atoms with E-state index in [0.717, 1.165) is 6.54 Å². The second-order valence-electron chi connectivity index (χ2n) is 5.50. The molecule has 0 radical (unpaired) electrons. The molecule has 1 heteroatoms. The van der Waals surface area contributed by atoms with Crippen molar-refractivity contribution in [2.45, 2.75) is 46.6 Å². The van der Waals surface area contributed by atoms with Gasteiger partial charge in [0.2, 0.25) is 0 Å². The fourth-order valence-corrected chi connectivity index (χ4v) is 2.57. The molecule has 1 saturated carbocycles. The van der Waals surface area contributed by atoms with Gasteiger partial charge in [0.15, 0.2) is 0 Å². The van der Waals surface area contributed by atoms with Crippen molar-refractivity contribution < 1.29 is 0 Å². The van der Waals surface area contributed by atoms with Crippen LogP contribution in [0.4, 0.5) is 0 Å². The zero-order valence-corrected chi connectivity index (χ0v) is 10.9. The molecular formula is C15H23N. The van der Waals surface area contributed by atoms with E-state index < -0.39 is 0 Å². The predicted molar refractivity (Wildman–Crippen MR) is 69.7 cm³/mol. The fourth-order valence-electron chi connectivity index (χ4n) is 2.57. The summed E-state index contributed by atoms with van der Waals surface area (Å²) in [4.78, 5) is 0. The summed E-state index contributed by atoms with van der Waals surface area (Å²) in [6, 6.07) is 7.38. The van der Waals surface area contributed by atoms with Gasteiger partial charge in [0.1, 0.15) is 0 Å². The minimum absolute atomic E-state index is 0.496. The lowest BCUT2D eigenvalue weighted by molar-refractivity contribution is 0.372. The van der Waals surface area contributed by atoms with Crippen molar-refractivity contribution in [1.29, 1.82) is 0 Å². The monoisotopic (exact) mass is 217 g/mol. The van der Waals surface area contributed by atoms with Crippen molar-refractivity contribution in [1.82, 2.24) is 5.32 Å². The summed E-state index contributed by atoms with van der Waals surface area (Å²) in [6.07, 6.45) is 2.72. The molecule has 0 spiro atoms. The minimum atomic E-state index is 0.496. The zero-order chi connectivity index (χ0) is 11.8. The van der Waals surface area contributed by atoms with Crippen molar-refractivity contribution in [2.24, 2.45) is 5.41 Å². The quantitative estimate of drug-likeness (QED) is 0.810. The molecule has 0 aliphatic heterocycles. The summed E-state index contributed by atoms with van der Waals surface area (Å²) in [5.41, 5.74) is 4.78. The molecule has 88 valence electrons. The van der Waals surface area contributed by atoms with Crippen molar-refractivity contribution in [3.8, 4) is 0 Å². The lowest BCUT2D eigenvalue weighted by Crippen LogP contribution is -2.28. The van der Waals surface area contributed by atoms with Gasteiger partial charge in [0.25, 0.3) is 0 Å². The van der Waals surface area contributed by atoms with E-state index in [9.17, 15) is 0 Å². The van der Waals surface area contributed by atoms with Crippen LogP contribution >= 0.6 is 0 Å². The van der Waals surface area contributed by atoms with Crippen LogP contribution in [0.3, 0.4) is 0 Å². The third-order valence-corrected chi connectivity index (χ3v) is 3.88. The molecule has 2 rings (SSSR count). The second-order valence-corrected chi connectivity index (χ2v) is 5.50. The van der Waals surface area contributed by atoms with Crippen LogP contribution < -0.4 is 5.32 Å². The van der Waals surface area contributed by atoms with Gasteiger partial charge in [-0.3, -0.25) is 0 Å². The third-order valence-electron chi connectivity index (χ3n) is 3.88. The second kappa shape index (κ2) is 4.21. The first-order valence-corrected chi connectivity index (χ1v) is 6.37. The topological polar surface area (TPSA) is 12.0 Å². The Bertz CT molecular complexity index is 377. The molecule has 1 aromatic rings. The van der Waals surface area contributed by atoms with Gasteiger partial charge in [-0.05, 0) is 49.8 Å². The summed E-state index contributed by atoms with van der Waals surface area (Å²) in [6.45, 7) is 10.0. The standard InChI is InChI=1S/C15H23N/c1-5-16-14(15(4)8-9-15)13-7-6-11(2)10-12(13)3/h6-7,10,14,16H,5,8-9H2,1-4H3. The average Bonchev–Trinajstić information content (AvgIpc) is 2.95. The van der Waals surface area contributed by atoms with Gasteiger partial charge in [-0.25, -0.2) is 0 Å². The van der Waals surface area contributed by atoms with E-state index in [4.69, 9.17) is 0 Å². The van der Waals surface area contributed by atoms with Gasteiger partial charge in [-0.15, -0.1) is 0 Å². The Balaban J connectivity index is 2.31. The summed E-state index contributed by atoms with van der Waals surface area (Å²) in [5.74, 6) is 0. The molecule has 1 atom stereocenters. The van der Waals surface area contributed by atoms with Crippen LogP contribution in [-0.4, -0.2) is 6.54 Å². The highest BCUT2D eigenvalue weighted by Gasteiger charge is 2.45. The predicted octanol–water partition coefficient (Wildman–Crippen LogP) is 3.75. The van der Waals surface area contributed by atoms with Crippen molar-refractivity contribution in [3.05, 3.63) is 34.9 Å². The van der Waals surface area contributed by atoms with Gasteiger partial charge in [0, 0.05) is 6.04 Å². The van der Waals surface area contributed by atoms with Crippen LogP contribution in [0.15, 0.2) is 18.2 Å². The van der Waals surface area contributed by atoms with Gasteiger partial charge in [-0.1, -0.05) is 37.6 Å². The minimum Gasteiger partial charge on any atom is -0.310 e. The highest BCUT2D eigenvalue weighted by atomic mass is 14.9. The van der Waals surface area contributed by atoms with E-state index in [1.165, 1.54) is 29.5 Å². The van der Waals surface area contributed by atoms with Crippen LogP contribution in [0, 0.1) is 19.3 Å². The Hall–Kier alpha value is -0.820. The summed E-state index contributed by atoms with van der Waals surface area (Å²) >= 11 is 0. The molecule has 0 aromatic heterocycles. The molecule has 0 heterocycles.